The van der Waals surface area contributed by atoms with Crippen molar-refractivity contribution >= 4 is 11.7 Å². The van der Waals surface area contributed by atoms with Crippen molar-refractivity contribution in [2.75, 3.05) is 32.7 Å². The molecule has 0 spiro atoms. The highest BCUT2D eigenvalue weighted by atomic mass is 16.2. The van der Waals surface area contributed by atoms with Gasteiger partial charge < -0.3 is 4.90 Å². The van der Waals surface area contributed by atoms with Crippen molar-refractivity contribution in [3.05, 3.63) is 0 Å². The summed E-state index contributed by atoms with van der Waals surface area (Å²) in [6, 6.07) is 0. The first-order valence-corrected chi connectivity index (χ1v) is 8.07. The lowest BCUT2D eigenvalue weighted by atomic mass is 10.0. The van der Waals surface area contributed by atoms with Crippen molar-refractivity contribution in [3.8, 4) is 0 Å². The normalized spacial score (nSPS) is 16.7. The summed E-state index contributed by atoms with van der Waals surface area (Å²) < 4.78 is 0. The van der Waals surface area contributed by atoms with Gasteiger partial charge in [0.05, 0.1) is 0 Å². The van der Waals surface area contributed by atoms with Gasteiger partial charge in [0, 0.05) is 44.9 Å². The summed E-state index contributed by atoms with van der Waals surface area (Å²) in [5, 5.41) is 0. The molecule has 0 aromatic carbocycles. The van der Waals surface area contributed by atoms with E-state index in [1.807, 2.05) is 18.7 Å². The minimum Gasteiger partial charge on any atom is -0.340 e. The van der Waals surface area contributed by atoms with E-state index in [1.54, 1.807) is 0 Å². The van der Waals surface area contributed by atoms with E-state index in [2.05, 4.69) is 11.8 Å². The van der Waals surface area contributed by atoms with Gasteiger partial charge in [-0.1, -0.05) is 27.2 Å². The van der Waals surface area contributed by atoms with Gasteiger partial charge in [-0.2, -0.15) is 0 Å². The van der Waals surface area contributed by atoms with Crippen LogP contribution in [0, 0.1) is 5.92 Å². The molecule has 0 N–H and O–H groups in total. The number of piperazine rings is 1. The third kappa shape index (κ3) is 6.04. The van der Waals surface area contributed by atoms with Crippen LogP contribution in [0.25, 0.3) is 0 Å². The van der Waals surface area contributed by atoms with Gasteiger partial charge in [0.1, 0.15) is 5.78 Å². The second-order valence-electron chi connectivity index (χ2n) is 6.05. The Morgan fingerprint density at radius 3 is 2.20 bits per heavy atom. The van der Waals surface area contributed by atoms with Gasteiger partial charge in [0.15, 0.2) is 0 Å². The lowest BCUT2D eigenvalue weighted by Gasteiger charge is -2.34. The van der Waals surface area contributed by atoms with Crippen LogP contribution >= 0.6 is 0 Å². The number of nitrogens with zero attached hydrogens (tertiary/aromatic N) is 2. The van der Waals surface area contributed by atoms with E-state index < -0.39 is 0 Å². The topological polar surface area (TPSA) is 40.6 Å². The average molecular weight is 282 g/mol. The first-order chi connectivity index (χ1) is 9.54. The number of ketones is 1. The standard InChI is InChI=1S/C16H30N2O2/c1-4-5-9-17-10-12-18(13-11-17)16(20)8-6-7-15(19)14(2)3/h14H,4-13H2,1-3H3. The van der Waals surface area contributed by atoms with Gasteiger partial charge in [0.2, 0.25) is 5.91 Å². The lowest BCUT2D eigenvalue weighted by molar-refractivity contribution is -0.133. The third-order valence-corrected chi connectivity index (χ3v) is 4.01. The lowest BCUT2D eigenvalue weighted by Crippen LogP contribution is -2.48. The Bertz CT molecular complexity index is 308. The number of amides is 1. The molecule has 1 rings (SSSR count). The fraction of sp³-hybridized carbons (Fsp3) is 0.875. The van der Waals surface area contributed by atoms with Crippen molar-refractivity contribution < 1.29 is 9.59 Å². The maximum Gasteiger partial charge on any atom is 0.222 e. The molecule has 0 aromatic rings. The summed E-state index contributed by atoms with van der Waals surface area (Å²) in [5.74, 6) is 0.575. The number of hydrogen-bond acceptors (Lipinski definition) is 3. The molecule has 1 amide bonds. The number of rotatable bonds is 8. The van der Waals surface area contributed by atoms with Crippen LogP contribution in [0.15, 0.2) is 0 Å². The van der Waals surface area contributed by atoms with E-state index in [1.165, 1.54) is 12.8 Å². The van der Waals surface area contributed by atoms with Gasteiger partial charge in [-0.05, 0) is 19.4 Å². The van der Waals surface area contributed by atoms with E-state index in [9.17, 15) is 9.59 Å². The Morgan fingerprint density at radius 2 is 1.65 bits per heavy atom. The summed E-state index contributed by atoms with van der Waals surface area (Å²) >= 11 is 0. The van der Waals surface area contributed by atoms with Crippen LogP contribution < -0.4 is 0 Å². The monoisotopic (exact) mass is 282 g/mol. The molecule has 1 aliphatic rings. The van der Waals surface area contributed by atoms with Gasteiger partial charge >= 0.3 is 0 Å². The number of hydrogen-bond donors (Lipinski definition) is 0. The predicted molar refractivity (Wildman–Crippen MR) is 81.6 cm³/mol. The van der Waals surface area contributed by atoms with Crippen LogP contribution in [-0.4, -0.2) is 54.2 Å². The van der Waals surface area contributed by atoms with Crippen molar-refractivity contribution in [1.29, 1.82) is 0 Å². The van der Waals surface area contributed by atoms with Gasteiger partial charge in [-0.15, -0.1) is 0 Å². The van der Waals surface area contributed by atoms with E-state index in [0.29, 0.717) is 19.3 Å². The van der Waals surface area contributed by atoms with Crippen molar-refractivity contribution in [3.63, 3.8) is 0 Å². The number of unbranched alkanes of at least 4 members (excludes halogenated alkanes) is 1. The van der Waals surface area contributed by atoms with E-state index in [-0.39, 0.29) is 17.6 Å². The first-order valence-electron chi connectivity index (χ1n) is 8.07. The summed E-state index contributed by atoms with van der Waals surface area (Å²) in [5.41, 5.74) is 0. The zero-order valence-corrected chi connectivity index (χ0v) is 13.4. The van der Waals surface area contributed by atoms with Crippen LogP contribution in [0.1, 0.15) is 52.9 Å². The Kier molecular flexibility index (Phi) is 7.82. The Morgan fingerprint density at radius 1 is 1.00 bits per heavy atom. The van der Waals surface area contributed by atoms with Crippen LogP contribution in [0.5, 0.6) is 0 Å². The summed E-state index contributed by atoms with van der Waals surface area (Å²) in [6.07, 6.45) is 4.23. The summed E-state index contributed by atoms with van der Waals surface area (Å²) in [4.78, 5) is 28.0. The molecule has 0 radical (unpaired) electrons. The summed E-state index contributed by atoms with van der Waals surface area (Å²) in [6.45, 7) is 10.9. The second-order valence-corrected chi connectivity index (χ2v) is 6.05. The molecule has 0 bridgehead atoms. The maximum absolute atomic E-state index is 12.1. The minimum absolute atomic E-state index is 0.0900. The van der Waals surface area contributed by atoms with Crippen LogP contribution in [0.4, 0.5) is 0 Å². The van der Waals surface area contributed by atoms with Crippen molar-refractivity contribution in [2.45, 2.75) is 52.9 Å². The van der Waals surface area contributed by atoms with Crippen molar-refractivity contribution in [2.24, 2.45) is 5.92 Å². The van der Waals surface area contributed by atoms with Crippen LogP contribution in [-0.2, 0) is 9.59 Å². The molecule has 1 heterocycles. The highest BCUT2D eigenvalue weighted by Crippen LogP contribution is 2.09. The molecule has 1 aliphatic heterocycles. The smallest absolute Gasteiger partial charge is 0.222 e. The molecule has 1 saturated heterocycles. The Hall–Kier alpha value is -0.900. The Labute approximate surface area is 123 Å². The largest absolute Gasteiger partial charge is 0.340 e. The zero-order chi connectivity index (χ0) is 15.0. The fourth-order valence-corrected chi connectivity index (χ4v) is 2.46. The molecule has 1 fully saturated rings. The van der Waals surface area contributed by atoms with Gasteiger partial charge in [-0.25, -0.2) is 0 Å². The molecule has 4 nitrogen and oxygen atoms in total. The molecular formula is C16H30N2O2. The minimum atomic E-state index is 0.0900. The molecule has 20 heavy (non-hydrogen) atoms. The first kappa shape index (κ1) is 17.2. The third-order valence-electron chi connectivity index (χ3n) is 4.01. The number of carbonyl (C=O) groups is 2. The Balaban J connectivity index is 2.17. The van der Waals surface area contributed by atoms with Gasteiger partial charge in [-0.3, -0.25) is 14.5 Å². The quantitative estimate of drug-likeness (QED) is 0.686. The maximum atomic E-state index is 12.1. The molecule has 0 atom stereocenters. The molecular weight excluding hydrogens is 252 g/mol. The van der Waals surface area contributed by atoms with Crippen LogP contribution in [0.3, 0.4) is 0 Å². The van der Waals surface area contributed by atoms with E-state index in [0.717, 1.165) is 32.7 Å². The highest BCUT2D eigenvalue weighted by molar-refractivity contribution is 5.81. The van der Waals surface area contributed by atoms with Gasteiger partial charge in [0.25, 0.3) is 0 Å². The molecule has 0 aliphatic carbocycles. The second kappa shape index (κ2) is 9.11. The molecule has 0 saturated carbocycles. The van der Waals surface area contributed by atoms with Crippen molar-refractivity contribution in [1.82, 2.24) is 9.80 Å². The molecule has 116 valence electrons. The molecule has 0 unspecified atom stereocenters. The zero-order valence-electron chi connectivity index (χ0n) is 13.4. The van der Waals surface area contributed by atoms with E-state index in [4.69, 9.17) is 0 Å². The molecule has 4 heteroatoms. The summed E-state index contributed by atoms with van der Waals surface area (Å²) in [7, 11) is 0. The molecule has 0 aromatic heterocycles. The highest BCUT2D eigenvalue weighted by Gasteiger charge is 2.20. The fourth-order valence-electron chi connectivity index (χ4n) is 2.46. The van der Waals surface area contributed by atoms with Crippen LogP contribution in [0.2, 0.25) is 0 Å². The number of carbonyl (C=O) groups excluding carboxylic acids is 2. The van der Waals surface area contributed by atoms with E-state index >= 15 is 0 Å². The SMILES string of the molecule is CCCCN1CCN(C(=O)CCCC(=O)C(C)C)CC1. The average Bonchev–Trinajstić information content (AvgIpc) is 2.45. The predicted octanol–water partition coefficient (Wildman–Crippen LogP) is 2.33. The number of Topliss-reactive ketones (excluding diaryl/α,β-unsaturated/α-hetero) is 1.